The van der Waals surface area contributed by atoms with Crippen LogP contribution in [0.25, 0.3) is 0 Å². The van der Waals surface area contributed by atoms with Crippen molar-refractivity contribution in [3.8, 4) is 0 Å². The summed E-state index contributed by atoms with van der Waals surface area (Å²) in [5.74, 6) is -0.944. The van der Waals surface area contributed by atoms with E-state index in [1.54, 1.807) is 0 Å². The highest BCUT2D eigenvalue weighted by molar-refractivity contribution is 7.56. The topological polar surface area (TPSA) is 36.9 Å². The molecule has 2 aliphatic rings. The van der Waals surface area contributed by atoms with Gasteiger partial charge in [0.2, 0.25) is 8.38 Å². The highest BCUT2D eigenvalue weighted by atomic mass is 31.2. The highest BCUT2D eigenvalue weighted by Crippen LogP contribution is 2.64. The van der Waals surface area contributed by atoms with E-state index in [2.05, 4.69) is 152 Å². The van der Waals surface area contributed by atoms with Crippen LogP contribution in [0.1, 0.15) is 80.6 Å². The van der Waals surface area contributed by atoms with Gasteiger partial charge < -0.3 is 18.5 Å². The molecule has 0 bridgehead atoms. The SMILES string of the molecule is Cc1cc(C)cc(C2(c3cc(C)cc(C)c3)OP(c3ccccc3)OC(c3cc(C)cc(C)c3)(c3cc(C)cc(C)c3)[C@@H]3OC(C)(C)O[C@H]32)c1. The second-order valence-electron chi connectivity index (χ2n) is 15.2. The summed E-state index contributed by atoms with van der Waals surface area (Å²) in [6, 6.07) is 37.4. The molecule has 2 heterocycles. The summed E-state index contributed by atoms with van der Waals surface area (Å²) in [4.78, 5) is 0. The summed E-state index contributed by atoms with van der Waals surface area (Å²) in [5, 5.41) is 0.984. The average molecular weight is 685 g/mol. The zero-order valence-electron chi connectivity index (χ0n) is 31.0. The zero-order valence-corrected chi connectivity index (χ0v) is 31.9. The van der Waals surface area contributed by atoms with Gasteiger partial charge in [-0.3, -0.25) is 0 Å². The van der Waals surface area contributed by atoms with Crippen LogP contribution in [-0.2, 0) is 29.7 Å². The molecule has 0 unspecified atom stereocenters. The molecule has 0 amide bonds. The minimum atomic E-state index is -1.76. The van der Waals surface area contributed by atoms with Gasteiger partial charge in [-0.15, -0.1) is 0 Å². The Balaban J connectivity index is 1.67. The third-order valence-electron chi connectivity index (χ3n) is 9.92. The summed E-state index contributed by atoms with van der Waals surface area (Å²) >= 11 is 0. The van der Waals surface area contributed by atoms with Crippen molar-refractivity contribution < 1.29 is 18.5 Å². The largest absolute Gasteiger partial charge is 0.341 e. The van der Waals surface area contributed by atoms with Gasteiger partial charge in [0, 0.05) is 5.30 Å². The number of aryl methyl sites for hydroxylation is 8. The first kappa shape index (κ1) is 34.8. The van der Waals surface area contributed by atoms with Gasteiger partial charge in [-0.05, 0) is 104 Å². The van der Waals surface area contributed by atoms with E-state index in [1.807, 2.05) is 19.9 Å². The van der Waals surface area contributed by atoms with E-state index in [0.29, 0.717) is 0 Å². The summed E-state index contributed by atoms with van der Waals surface area (Å²) < 4.78 is 30.3. The van der Waals surface area contributed by atoms with Crippen LogP contribution in [0.15, 0.2) is 103 Å². The molecule has 0 aromatic heterocycles. The molecule has 0 aliphatic carbocycles. The Morgan fingerprint density at radius 1 is 0.420 bits per heavy atom. The number of benzene rings is 5. The van der Waals surface area contributed by atoms with Gasteiger partial charge in [0.1, 0.15) is 12.2 Å². The molecule has 5 heteroatoms. The maximum absolute atomic E-state index is 7.84. The summed E-state index contributed by atoms with van der Waals surface area (Å²) in [6.07, 6.45) is -1.23. The Morgan fingerprint density at radius 2 is 0.700 bits per heavy atom. The number of fused-ring (bicyclic) bond motifs is 1. The van der Waals surface area contributed by atoms with Gasteiger partial charge in [-0.25, -0.2) is 0 Å². The van der Waals surface area contributed by atoms with E-state index in [9.17, 15) is 0 Å². The fourth-order valence-electron chi connectivity index (χ4n) is 8.35. The van der Waals surface area contributed by atoms with Crippen LogP contribution in [0, 0.1) is 55.4 Å². The molecule has 0 saturated carbocycles. The lowest BCUT2D eigenvalue weighted by atomic mass is 9.70. The number of rotatable bonds is 5. The first-order valence-corrected chi connectivity index (χ1v) is 18.8. The zero-order chi connectivity index (χ0) is 35.6. The highest BCUT2D eigenvalue weighted by Gasteiger charge is 2.67. The molecule has 2 fully saturated rings. The fourth-order valence-corrected chi connectivity index (χ4v) is 10.2. The third-order valence-corrected chi connectivity index (χ3v) is 11.5. The lowest BCUT2D eigenvalue weighted by Gasteiger charge is -2.42. The molecule has 50 heavy (non-hydrogen) atoms. The molecule has 7 rings (SSSR count). The number of hydrogen-bond donors (Lipinski definition) is 0. The van der Waals surface area contributed by atoms with Crippen molar-refractivity contribution in [1.29, 1.82) is 0 Å². The molecule has 5 aromatic carbocycles. The van der Waals surface area contributed by atoms with Crippen molar-refractivity contribution in [2.24, 2.45) is 0 Å². The van der Waals surface area contributed by atoms with Crippen LogP contribution in [0.3, 0.4) is 0 Å². The Hall–Kier alpha value is -3.63. The number of ether oxygens (including phenoxy) is 2. The van der Waals surface area contributed by atoms with E-state index in [0.717, 1.165) is 72.1 Å². The first-order valence-electron chi connectivity index (χ1n) is 17.6. The van der Waals surface area contributed by atoms with Crippen LogP contribution in [0.2, 0.25) is 0 Å². The molecule has 258 valence electrons. The van der Waals surface area contributed by atoms with Crippen LogP contribution in [0.4, 0.5) is 0 Å². The predicted octanol–water partition coefficient (Wildman–Crippen LogP) is 10.5. The summed E-state index contributed by atoms with van der Waals surface area (Å²) in [7, 11) is -1.76. The van der Waals surface area contributed by atoms with E-state index in [-0.39, 0.29) is 0 Å². The third kappa shape index (κ3) is 6.16. The maximum Gasteiger partial charge on any atom is 0.207 e. The van der Waals surface area contributed by atoms with Gasteiger partial charge in [0.15, 0.2) is 17.0 Å². The number of hydrogen-bond acceptors (Lipinski definition) is 4. The average Bonchev–Trinajstić information content (AvgIpc) is 3.29. The lowest BCUT2D eigenvalue weighted by molar-refractivity contribution is -0.173. The van der Waals surface area contributed by atoms with Crippen molar-refractivity contribution in [1.82, 2.24) is 0 Å². The van der Waals surface area contributed by atoms with Crippen molar-refractivity contribution >= 4 is 13.7 Å². The second kappa shape index (κ2) is 12.9. The van der Waals surface area contributed by atoms with E-state index < -0.39 is 37.6 Å². The molecular weight excluding hydrogens is 635 g/mol. The van der Waals surface area contributed by atoms with Gasteiger partial charge in [0.25, 0.3) is 0 Å². The molecule has 2 saturated heterocycles. The summed E-state index contributed by atoms with van der Waals surface area (Å²) in [5.41, 5.74) is 11.2. The van der Waals surface area contributed by atoms with Gasteiger partial charge in [-0.2, -0.15) is 0 Å². The van der Waals surface area contributed by atoms with Crippen LogP contribution in [-0.4, -0.2) is 18.0 Å². The molecular formula is C45H49O4P. The Bertz CT molecular complexity index is 1750. The van der Waals surface area contributed by atoms with Crippen LogP contribution in [0.5, 0.6) is 0 Å². The van der Waals surface area contributed by atoms with Crippen LogP contribution >= 0.6 is 8.38 Å². The Labute approximate surface area is 299 Å². The monoisotopic (exact) mass is 684 g/mol. The molecule has 0 spiro atoms. The molecule has 0 N–H and O–H groups in total. The standard InChI is InChI=1S/C45H49O4P/c1-28-16-29(2)21-36(20-28)44(37-22-30(3)17-31(4)23-37)41-42(47-43(9,10)46-41)45(38-24-32(5)18-33(6)25-38,39-26-34(7)19-35(8)27-39)49-50(48-44)40-14-12-11-13-15-40/h11-27,41-42H,1-10H3/t41-,42-/m1/s1. The van der Waals surface area contributed by atoms with Crippen molar-refractivity contribution in [2.45, 2.75) is 98.4 Å². The van der Waals surface area contributed by atoms with Crippen molar-refractivity contribution in [3.63, 3.8) is 0 Å². The van der Waals surface area contributed by atoms with Gasteiger partial charge in [0.05, 0.1) is 0 Å². The molecule has 5 aromatic rings. The normalized spacial score (nSPS) is 21.1. The maximum atomic E-state index is 7.84. The van der Waals surface area contributed by atoms with E-state index in [4.69, 9.17) is 18.5 Å². The van der Waals surface area contributed by atoms with Crippen molar-refractivity contribution in [3.05, 3.63) is 170 Å². The molecule has 4 nitrogen and oxygen atoms in total. The molecule has 0 radical (unpaired) electrons. The van der Waals surface area contributed by atoms with Gasteiger partial charge >= 0.3 is 0 Å². The first-order chi connectivity index (χ1) is 23.7. The summed E-state index contributed by atoms with van der Waals surface area (Å²) in [6.45, 7) is 21.3. The smallest absolute Gasteiger partial charge is 0.207 e. The van der Waals surface area contributed by atoms with Gasteiger partial charge in [-0.1, -0.05) is 136 Å². The Morgan fingerprint density at radius 3 is 0.980 bits per heavy atom. The minimum absolute atomic E-state index is 0.613. The van der Waals surface area contributed by atoms with E-state index in [1.165, 1.54) is 0 Å². The van der Waals surface area contributed by atoms with E-state index >= 15 is 0 Å². The van der Waals surface area contributed by atoms with Crippen LogP contribution < -0.4 is 5.30 Å². The second-order valence-corrected chi connectivity index (χ2v) is 16.6. The minimum Gasteiger partial charge on any atom is -0.341 e. The van der Waals surface area contributed by atoms with Crippen molar-refractivity contribution in [2.75, 3.05) is 0 Å². The fraction of sp³-hybridized carbons (Fsp3) is 0.333. The lowest BCUT2D eigenvalue weighted by Crippen LogP contribution is -2.53. The predicted molar refractivity (Wildman–Crippen MR) is 204 cm³/mol. The quantitative estimate of drug-likeness (QED) is 0.173. The molecule has 2 aliphatic heterocycles. The Kier molecular flexibility index (Phi) is 8.94. The molecule has 2 atom stereocenters.